The molecule has 0 saturated heterocycles. The van der Waals surface area contributed by atoms with Crippen LogP contribution < -0.4 is 0 Å². The summed E-state index contributed by atoms with van der Waals surface area (Å²) >= 11 is 0. The zero-order valence-corrected chi connectivity index (χ0v) is 10.8. The van der Waals surface area contributed by atoms with E-state index in [1.165, 1.54) is 16.9 Å². The molecule has 2 aromatic rings. The third-order valence-corrected chi connectivity index (χ3v) is 2.54. The average molecular weight is 286 g/mol. The summed E-state index contributed by atoms with van der Waals surface area (Å²) in [7, 11) is 0. The number of tetrazole rings is 1. The first-order valence-electron chi connectivity index (χ1n) is 6.04. The Kier molecular flexibility index (Phi) is 4.33. The first-order chi connectivity index (χ1) is 9.50. The Labute approximate surface area is 113 Å². The van der Waals surface area contributed by atoms with Gasteiger partial charge in [0, 0.05) is 12.2 Å². The van der Waals surface area contributed by atoms with Gasteiger partial charge in [0.05, 0.1) is 18.7 Å². The molecule has 108 valence electrons. The molecular formula is C12H13F3N4O. The van der Waals surface area contributed by atoms with Crippen LogP contribution in [0.15, 0.2) is 24.3 Å². The number of benzene rings is 1. The first-order valence-corrected chi connectivity index (χ1v) is 6.04. The molecule has 1 aromatic carbocycles. The van der Waals surface area contributed by atoms with E-state index in [1.54, 1.807) is 0 Å². The van der Waals surface area contributed by atoms with E-state index in [0.717, 1.165) is 12.1 Å². The van der Waals surface area contributed by atoms with E-state index >= 15 is 0 Å². The number of hydrogen-bond donors (Lipinski definition) is 0. The van der Waals surface area contributed by atoms with Gasteiger partial charge < -0.3 is 4.74 Å². The van der Waals surface area contributed by atoms with E-state index in [9.17, 15) is 13.2 Å². The van der Waals surface area contributed by atoms with Crippen LogP contribution in [-0.4, -0.2) is 33.4 Å². The number of hydrogen-bond acceptors (Lipinski definition) is 4. The second-order valence-electron chi connectivity index (χ2n) is 3.98. The van der Waals surface area contributed by atoms with Crippen molar-refractivity contribution in [3.63, 3.8) is 0 Å². The highest BCUT2D eigenvalue weighted by molar-refractivity contribution is 5.55. The number of aromatic nitrogens is 4. The molecule has 0 fully saturated rings. The highest BCUT2D eigenvalue weighted by Crippen LogP contribution is 2.31. The summed E-state index contributed by atoms with van der Waals surface area (Å²) in [4.78, 5) is 1.30. The van der Waals surface area contributed by atoms with Gasteiger partial charge in [-0.1, -0.05) is 12.1 Å². The molecule has 0 spiro atoms. The minimum absolute atomic E-state index is 0.160. The fourth-order valence-corrected chi connectivity index (χ4v) is 1.58. The van der Waals surface area contributed by atoms with E-state index in [4.69, 9.17) is 4.74 Å². The van der Waals surface area contributed by atoms with Crippen LogP contribution in [0.25, 0.3) is 11.4 Å². The Balaban J connectivity index is 2.16. The normalized spacial score (nSPS) is 11.8. The van der Waals surface area contributed by atoms with Crippen molar-refractivity contribution in [1.82, 2.24) is 20.2 Å². The fourth-order valence-electron chi connectivity index (χ4n) is 1.58. The summed E-state index contributed by atoms with van der Waals surface area (Å²) in [6, 6.07) is 4.84. The van der Waals surface area contributed by atoms with Crippen molar-refractivity contribution < 1.29 is 17.9 Å². The first kappa shape index (κ1) is 14.4. The lowest BCUT2D eigenvalue weighted by molar-refractivity contribution is -0.137. The van der Waals surface area contributed by atoms with E-state index in [2.05, 4.69) is 15.4 Å². The smallest absolute Gasteiger partial charge is 0.380 e. The van der Waals surface area contributed by atoms with Crippen molar-refractivity contribution >= 4 is 0 Å². The predicted octanol–water partition coefficient (Wildman–Crippen LogP) is 2.40. The van der Waals surface area contributed by atoms with Crippen LogP contribution in [-0.2, 0) is 17.5 Å². The van der Waals surface area contributed by atoms with Gasteiger partial charge in [-0.15, -0.1) is 10.2 Å². The topological polar surface area (TPSA) is 52.8 Å². The molecule has 5 nitrogen and oxygen atoms in total. The Morgan fingerprint density at radius 1 is 1.30 bits per heavy atom. The Bertz CT molecular complexity index is 568. The average Bonchev–Trinajstić information content (AvgIpc) is 2.87. The second kappa shape index (κ2) is 6.00. The third kappa shape index (κ3) is 3.53. The minimum atomic E-state index is -4.39. The summed E-state index contributed by atoms with van der Waals surface area (Å²) in [5.74, 6) is 0.160. The summed E-state index contributed by atoms with van der Waals surface area (Å²) < 4.78 is 43.0. The van der Waals surface area contributed by atoms with E-state index in [0.29, 0.717) is 19.8 Å². The Morgan fingerprint density at radius 3 is 2.80 bits per heavy atom. The molecule has 8 heteroatoms. The maximum atomic E-state index is 12.6. The maximum absolute atomic E-state index is 12.6. The maximum Gasteiger partial charge on any atom is 0.416 e. The number of alkyl halides is 3. The fraction of sp³-hybridized carbons (Fsp3) is 0.417. The van der Waals surface area contributed by atoms with Gasteiger partial charge in [0.15, 0.2) is 0 Å². The highest BCUT2D eigenvalue weighted by Gasteiger charge is 2.30. The van der Waals surface area contributed by atoms with Crippen LogP contribution in [0.4, 0.5) is 13.2 Å². The van der Waals surface area contributed by atoms with Crippen LogP contribution in [0.1, 0.15) is 12.5 Å². The minimum Gasteiger partial charge on any atom is -0.380 e. The molecule has 0 atom stereocenters. The van der Waals surface area contributed by atoms with Gasteiger partial charge in [0.2, 0.25) is 5.82 Å². The van der Waals surface area contributed by atoms with Gasteiger partial charge in [0.1, 0.15) is 0 Å². The van der Waals surface area contributed by atoms with Crippen molar-refractivity contribution in [3.05, 3.63) is 29.8 Å². The molecule has 0 bridgehead atoms. The van der Waals surface area contributed by atoms with Gasteiger partial charge in [-0.3, -0.25) is 0 Å². The number of halogens is 3. The lowest BCUT2D eigenvalue weighted by Crippen LogP contribution is -2.09. The van der Waals surface area contributed by atoms with Crippen LogP contribution in [0.3, 0.4) is 0 Å². The standard InChI is InChI=1S/C12H13F3N4O/c1-2-20-7-6-19-17-11(16-18-19)9-4-3-5-10(8-9)12(13,14)15/h3-5,8H,2,6-7H2,1H3. The van der Waals surface area contributed by atoms with Gasteiger partial charge in [-0.05, 0) is 24.3 Å². The second-order valence-corrected chi connectivity index (χ2v) is 3.98. The molecule has 0 aliphatic carbocycles. The van der Waals surface area contributed by atoms with Crippen LogP contribution in [0, 0.1) is 0 Å². The van der Waals surface area contributed by atoms with Gasteiger partial charge in [-0.2, -0.15) is 18.0 Å². The van der Waals surface area contributed by atoms with Gasteiger partial charge in [0.25, 0.3) is 0 Å². The zero-order valence-electron chi connectivity index (χ0n) is 10.8. The Hall–Kier alpha value is -1.96. The molecule has 0 N–H and O–H groups in total. The van der Waals surface area contributed by atoms with Crippen molar-refractivity contribution in [2.24, 2.45) is 0 Å². The van der Waals surface area contributed by atoms with Crippen molar-refractivity contribution in [1.29, 1.82) is 0 Å². The molecule has 1 heterocycles. The molecule has 0 aliphatic rings. The highest BCUT2D eigenvalue weighted by atomic mass is 19.4. The monoisotopic (exact) mass is 286 g/mol. The molecule has 0 radical (unpaired) electrons. The van der Waals surface area contributed by atoms with Gasteiger partial charge >= 0.3 is 6.18 Å². The summed E-state index contributed by atoms with van der Waals surface area (Å²) in [6.45, 7) is 3.27. The van der Waals surface area contributed by atoms with Crippen molar-refractivity contribution in [2.75, 3.05) is 13.2 Å². The summed E-state index contributed by atoms with van der Waals surface area (Å²) in [5.41, 5.74) is -0.455. The van der Waals surface area contributed by atoms with E-state index in [1.807, 2.05) is 6.92 Å². The SMILES string of the molecule is CCOCCn1nnc(-c2cccc(C(F)(F)F)c2)n1. The molecule has 2 rings (SSSR count). The number of ether oxygens (including phenoxy) is 1. The Morgan fingerprint density at radius 2 is 2.10 bits per heavy atom. The molecule has 20 heavy (non-hydrogen) atoms. The molecule has 1 aromatic heterocycles. The zero-order chi connectivity index (χ0) is 14.6. The van der Waals surface area contributed by atoms with Crippen molar-refractivity contribution in [2.45, 2.75) is 19.6 Å². The third-order valence-electron chi connectivity index (χ3n) is 2.54. The summed E-state index contributed by atoms with van der Waals surface area (Å²) in [6.07, 6.45) is -4.39. The molecule has 0 unspecified atom stereocenters. The predicted molar refractivity (Wildman–Crippen MR) is 64.7 cm³/mol. The molecule has 0 saturated carbocycles. The summed E-state index contributed by atoms with van der Waals surface area (Å²) in [5, 5.41) is 11.5. The quantitative estimate of drug-likeness (QED) is 0.792. The molecule has 0 aliphatic heterocycles. The molecular weight excluding hydrogens is 273 g/mol. The molecule has 0 amide bonds. The van der Waals surface area contributed by atoms with Crippen molar-refractivity contribution in [3.8, 4) is 11.4 Å². The largest absolute Gasteiger partial charge is 0.416 e. The lowest BCUT2D eigenvalue weighted by Gasteiger charge is -2.06. The lowest BCUT2D eigenvalue weighted by atomic mass is 10.1. The van der Waals surface area contributed by atoms with Crippen LogP contribution >= 0.6 is 0 Å². The number of nitrogens with zero attached hydrogens (tertiary/aromatic N) is 4. The van der Waals surface area contributed by atoms with Gasteiger partial charge in [-0.25, -0.2) is 0 Å². The number of rotatable bonds is 5. The van der Waals surface area contributed by atoms with E-state index in [-0.39, 0.29) is 11.4 Å². The van der Waals surface area contributed by atoms with E-state index < -0.39 is 11.7 Å². The van der Waals surface area contributed by atoms with Crippen LogP contribution in [0.2, 0.25) is 0 Å². The van der Waals surface area contributed by atoms with Crippen LogP contribution in [0.5, 0.6) is 0 Å².